The van der Waals surface area contributed by atoms with Gasteiger partial charge < -0.3 is 5.32 Å². The van der Waals surface area contributed by atoms with Gasteiger partial charge in [0.2, 0.25) is 0 Å². The van der Waals surface area contributed by atoms with Crippen molar-refractivity contribution in [1.29, 1.82) is 0 Å². The third kappa shape index (κ3) is 2.86. The monoisotopic (exact) mass is 232 g/mol. The van der Waals surface area contributed by atoms with Gasteiger partial charge in [-0.15, -0.1) is 0 Å². The molecular weight excluding hydrogens is 208 g/mol. The number of aryl methyl sites for hydroxylation is 1. The minimum Gasteiger partial charge on any atom is -0.313 e. The largest absolute Gasteiger partial charge is 0.313 e. The molecule has 2 heteroatoms. The average Bonchev–Trinajstić information content (AvgIpc) is 2.41. The molecule has 1 atom stereocenters. The zero-order valence-electron chi connectivity index (χ0n) is 11.1. The van der Waals surface area contributed by atoms with Gasteiger partial charge in [0.15, 0.2) is 0 Å². The lowest BCUT2D eigenvalue weighted by Crippen LogP contribution is -2.27. The van der Waals surface area contributed by atoms with E-state index >= 15 is 0 Å². The van der Waals surface area contributed by atoms with Crippen LogP contribution in [0.4, 0.5) is 0 Å². The van der Waals surface area contributed by atoms with Gasteiger partial charge in [0.25, 0.3) is 0 Å². The highest BCUT2D eigenvalue weighted by atomic mass is 14.9. The Morgan fingerprint density at radius 2 is 2.12 bits per heavy atom. The van der Waals surface area contributed by atoms with Crippen LogP contribution in [0.2, 0.25) is 0 Å². The van der Waals surface area contributed by atoms with E-state index in [1.54, 1.807) is 0 Å². The van der Waals surface area contributed by atoms with Gasteiger partial charge in [-0.2, -0.15) is 0 Å². The molecule has 0 spiro atoms. The van der Waals surface area contributed by atoms with E-state index in [0.717, 1.165) is 12.3 Å². The number of rotatable bonds is 4. The van der Waals surface area contributed by atoms with Gasteiger partial charge in [-0.3, -0.25) is 4.98 Å². The van der Waals surface area contributed by atoms with Gasteiger partial charge in [-0.25, -0.2) is 0 Å². The second-order valence-corrected chi connectivity index (χ2v) is 5.09. The summed E-state index contributed by atoms with van der Waals surface area (Å²) in [6.45, 7) is 2.22. The standard InChI is InChI=1S/C15H24N2/c1-3-12-11-17-10-9-14(12)15(16-2)13-7-5-4-6-8-13/h9-11,13,15-16H,3-8H2,1-2H3. The van der Waals surface area contributed by atoms with E-state index in [4.69, 9.17) is 0 Å². The fourth-order valence-corrected chi connectivity index (χ4v) is 3.15. The van der Waals surface area contributed by atoms with Crippen molar-refractivity contribution in [3.8, 4) is 0 Å². The summed E-state index contributed by atoms with van der Waals surface area (Å²) in [5, 5.41) is 3.54. The first-order valence-corrected chi connectivity index (χ1v) is 6.96. The minimum atomic E-state index is 0.522. The second-order valence-electron chi connectivity index (χ2n) is 5.09. The first-order valence-electron chi connectivity index (χ1n) is 6.96. The Morgan fingerprint density at radius 1 is 1.35 bits per heavy atom. The molecule has 2 nitrogen and oxygen atoms in total. The fraction of sp³-hybridized carbons (Fsp3) is 0.667. The van der Waals surface area contributed by atoms with E-state index in [2.05, 4.69) is 30.3 Å². The van der Waals surface area contributed by atoms with Crippen LogP contribution in [0.3, 0.4) is 0 Å². The van der Waals surface area contributed by atoms with E-state index in [1.165, 1.54) is 43.2 Å². The molecule has 1 fully saturated rings. The lowest BCUT2D eigenvalue weighted by Gasteiger charge is -2.31. The number of nitrogens with zero attached hydrogens (tertiary/aromatic N) is 1. The predicted molar refractivity (Wildman–Crippen MR) is 72.0 cm³/mol. The number of nitrogens with one attached hydrogen (secondary N) is 1. The summed E-state index contributed by atoms with van der Waals surface area (Å²) in [4.78, 5) is 4.25. The SMILES string of the molecule is CCc1cnccc1C(NC)C1CCCCC1. The molecule has 2 rings (SSSR count). The number of aromatic nitrogens is 1. The third-order valence-electron chi connectivity index (χ3n) is 4.09. The molecule has 0 saturated heterocycles. The summed E-state index contributed by atoms with van der Waals surface area (Å²) in [6, 6.07) is 2.72. The Morgan fingerprint density at radius 3 is 2.76 bits per heavy atom. The maximum Gasteiger partial charge on any atom is 0.0350 e. The highest BCUT2D eigenvalue weighted by Crippen LogP contribution is 2.35. The van der Waals surface area contributed by atoms with Crippen LogP contribution in [0.5, 0.6) is 0 Å². The maximum absolute atomic E-state index is 4.25. The fourth-order valence-electron chi connectivity index (χ4n) is 3.15. The van der Waals surface area contributed by atoms with Gasteiger partial charge in [0, 0.05) is 18.4 Å². The third-order valence-corrected chi connectivity index (χ3v) is 4.09. The molecule has 0 aliphatic heterocycles. The Kier molecular flexibility index (Phi) is 4.55. The molecule has 1 heterocycles. The highest BCUT2D eigenvalue weighted by molar-refractivity contribution is 5.27. The summed E-state index contributed by atoms with van der Waals surface area (Å²) in [5.41, 5.74) is 2.87. The molecule has 1 aromatic rings. The van der Waals surface area contributed by atoms with Gasteiger partial charge in [-0.1, -0.05) is 26.2 Å². The lowest BCUT2D eigenvalue weighted by atomic mass is 9.80. The van der Waals surface area contributed by atoms with Crippen LogP contribution in [0.1, 0.15) is 56.2 Å². The van der Waals surface area contributed by atoms with Gasteiger partial charge >= 0.3 is 0 Å². The molecular formula is C15H24N2. The maximum atomic E-state index is 4.25. The van der Waals surface area contributed by atoms with Crippen LogP contribution in [0.25, 0.3) is 0 Å². The first kappa shape index (κ1) is 12.6. The minimum absolute atomic E-state index is 0.522. The molecule has 1 N–H and O–H groups in total. The van der Waals surface area contributed by atoms with E-state index in [-0.39, 0.29) is 0 Å². The number of hydrogen-bond donors (Lipinski definition) is 1. The molecule has 1 aliphatic carbocycles. The van der Waals surface area contributed by atoms with Gasteiger partial charge in [0.1, 0.15) is 0 Å². The van der Waals surface area contributed by atoms with E-state index in [0.29, 0.717) is 6.04 Å². The van der Waals surface area contributed by atoms with Gasteiger partial charge in [0.05, 0.1) is 0 Å². The summed E-state index contributed by atoms with van der Waals surface area (Å²) in [5.74, 6) is 0.807. The van der Waals surface area contributed by atoms with Crippen molar-refractivity contribution >= 4 is 0 Å². The molecule has 0 bridgehead atoms. The molecule has 1 aromatic heterocycles. The molecule has 1 unspecified atom stereocenters. The quantitative estimate of drug-likeness (QED) is 0.859. The predicted octanol–water partition coefficient (Wildman–Crippen LogP) is 3.48. The van der Waals surface area contributed by atoms with Crippen molar-refractivity contribution in [3.63, 3.8) is 0 Å². The molecule has 17 heavy (non-hydrogen) atoms. The Balaban J connectivity index is 2.21. The van der Waals surface area contributed by atoms with Crippen LogP contribution in [-0.4, -0.2) is 12.0 Å². The zero-order valence-corrected chi connectivity index (χ0v) is 11.1. The molecule has 0 aromatic carbocycles. The Hall–Kier alpha value is -0.890. The summed E-state index contributed by atoms with van der Waals surface area (Å²) in [7, 11) is 2.10. The van der Waals surface area contributed by atoms with Crippen molar-refractivity contribution < 1.29 is 0 Å². The van der Waals surface area contributed by atoms with E-state index in [9.17, 15) is 0 Å². The van der Waals surface area contributed by atoms with Crippen molar-refractivity contribution in [3.05, 3.63) is 29.6 Å². The average molecular weight is 232 g/mol. The highest BCUT2D eigenvalue weighted by Gasteiger charge is 2.24. The Bertz CT molecular complexity index is 343. The van der Waals surface area contributed by atoms with Crippen LogP contribution in [-0.2, 0) is 6.42 Å². The van der Waals surface area contributed by atoms with Crippen molar-refractivity contribution in [2.45, 2.75) is 51.5 Å². The van der Waals surface area contributed by atoms with E-state index < -0.39 is 0 Å². The van der Waals surface area contributed by atoms with Crippen LogP contribution >= 0.6 is 0 Å². The molecule has 1 saturated carbocycles. The normalized spacial score (nSPS) is 19.2. The summed E-state index contributed by atoms with van der Waals surface area (Å²) in [6.07, 6.45) is 12.0. The topological polar surface area (TPSA) is 24.9 Å². The van der Waals surface area contributed by atoms with E-state index in [1.807, 2.05) is 12.4 Å². The molecule has 94 valence electrons. The number of hydrogen-bond acceptors (Lipinski definition) is 2. The summed E-state index contributed by atoms with van der Waals surface area (Å²) < 4.78 is 0. The zero-order chi connectivity index (χ0) is 12.1. The summed E-state index contributed by atoms with van der Waals surface area (Å²) >= 11 is 0. The number of pyridine rings is 1. The van der Waals surface area contributed by atoms with Crippen LogP contribution in [0.15, 0.2) is 18.5 Å². The molecule has 0 radical (unpaired) electrons. The van der Waals surface area contributed by atoms with Crippen molar-refractivity contribution in [1.82, 2.24) is 10.3 Å². The Labute approximate surface area is 105 Å². The van der Waals surface area contributed by atoms with Crippen LogP contribution in [0, 0.1) is 5.92 Å². The van der Waals surface area contributed by atoms with Gasteiger partial charge in [-0.05, 0) is 49.4 Å². The first-order chi connectivity index (χ1) is 8.36. The molecule has 0 amide bonds. The smallest absolute Gasteiger partial charge is 0.0350 e. The van der Waals surface area contributed by atoms with Crippen molar-refractivity contribution in [2.24, 2.45) is 5.92 Å². The second kappa shape index (κ2) is 6.15. The van der Waals surface area contributed by atoms with Crippen LogP contribution < -0.4 is 5.32 Å². The van der Waals surface area contributed by atoms with Crippen molar-refractivity contribution in [2.75, 3.05) is 7.05 Å². The lowest BCUT2D eigenvalue weighted by molar-refractivity contribution is 0.280. The molecule has 1 aliphatic rings.